The molecule has 2 N–H and O–H groups in total. The minimum atomic E-state index is -1.04. The molecule has 0 aliphatic rings. The Morgan fingerprint density at radius 2 is 1.83 bits per heavy atom. The molecule has 0 bridgehead atoms. The highest BCUT2D eigenvalue weighted by molar-refractivity contribution is 5.89. The number of nitrogens with one attached hydrogen (secondary N) is 1. The number of carboxylic acid groups (broad SMARTS) is 1. The highest BCUT2D eigenvalue weighted by Crippen LogP contribution is 2.24. The first-order valence-corrected chi connectivity index (χ1v) is 7.96. The Labute approximate surface area is 141 Å². The molecule has 0 atom stereocenters. The molecule has 0 unspecified atom stereocenters. The van der Waals surface area contributed by atoms with E-state index >= 15 is 0 Å². The number of benzene rings is 1. The predicted octanol–water partition coefficient (Wildman–Crippen LogP) is 3.44. The number of carbonyl (C=O) groups is 2. The molecule has 1 aromatic carbocycles. The summed E-state index contributed by atoms with van der Waals surface area (Å²) in [5, 5.41) is 11.8. The molecule has 1 aromatic heterocycles. The second-order valence-corrected chi connectivity index (χ2v) is 6.35. The summed E-state index contributed by atoms with van der Waals surface area (Å²) >= 11 is 0. The van der Waals surface area contributed by atoms with E-state index in [-0.39, 0.29) is 18.0 Å². The Morgan fingerprint density at radius 1 is 1.21 bits per heavy atom. The lowest BCUT2D eigenvalue weighted by Crippen LogP contribution is -2.39. The molecule has 5 nitrogen and oxygen atoms in total. The van der Waals surface area contributed by atoms with Crippen molar-refractivity contribution in [3.63, 3.8) is 0 Å². The molecular weight excluding hydrogens is 306 g/mol. The van der Waals surface area contributed by atoms with E-state index in [4.69, 9.17) is 9.52 Å². The van der Waals surface area contributed by atoms with Gasteiger partial charge in [-0.15, -0.1) is 0 Å². The summed E-state index contributed by atoms with van der Waals surface area (Å²) in [6, 6.07) is 9.44. The number of hydrogen-bond acceptors (Lipinski definition) is 3. The van der Waals surface area contributed by atoms with Crippen LogP contribution in [0.1, 0.15) is 53.8 Å². The minimum absolute atomic E-state index is 0.119. The number of aromatic carboxylic acids is 1. The number of amides is 1. The second-order valence-electron chi connectivity index (χ2n) is 6.35. The van der Waals surface area contributed by atoms with Crippen molar-refractivity contribution in [3.8, 4) is 0 Å². The van der Waals surface area contributed by atoms with Crippen LogP contribution in [0.2, 0.25) is 0 Å². The number of rotatable bonds is 6. The van der Waals surface area contributed by atoms with Crippen molar-refractivity contribution >= 4 is 11.9 Å². The molecule has 2 rings (SSSR count). The maximum absolute atomic E-state index is 12.5. The molecular formula is C19H23NO4. The van der Waals surface area contributed by atoms with Crippen LogP contribution in [0, 0.1) is 6.92 Å². The first-order chi connectivity index (χ1) is 11.3. The maximum Gasteiger partial charge on any atom is 0.339 e. The zero-order valence-corrected chi connectivity index (χ0v) is 14.5. The highest BCUT2D eigenvalue weighted by atomic mass is 16.4. The fraction of sp³-hybridized carbons (Fsp3) is 0.368. The fourth-order valence-electron chi connectivity index (χ4n) is 2.52. The van der Waals surface area contributed by atoms with Gasteiger partial charge in [-0.05, 0) is 44.4 Å². The van der Waals surface area contributed by atoms with Crippen LogP contribution < -0.4 is 5.32 Å². The lowest BCUT2D eigenvalue weighted by Gasteiger charge is -2.24. The minimum Gasteiger partial charge on any atom is -0.478 e. The molecule has 5 heteroatoms. The standard InChI is InChI=1S/C19H23NO4/c1-5-13-6-8-14(9-7-13)19(3,4)18(23)20-11-15-10-16(17(21)22)12(2)24-15/h6-10H,5,11H2,1-4H3,(H,20,23)(H,21,22). The third-order valence-corrected chi connectivity index (χ3v) is 4.27. The van der Waals surface area contributed by atoms with Gasteiger partial charge < -0.3 is 14.8 Å². The Balaban J connectivity index is 2.07. The summed E-state index contributed by atoms with van der Waals surface area (Å²) in [4.78, 5) is 23.6. The van der Waals surface area contributed by atoms with Gasteiger partial charge in [-0.1, -0.05) is 31.2 Å². The van der Waals surface area contributed by atoms with Crippen molar-refractivity contribution in [2.75, 3.05) is 0 Å². The highest BCUT2D eigenvalue weighted by Gasteiger charge is 2.29. The molecule has 0 saturated heterocycles. The molecule has 0 spiro atoms. The quantitative estimate of drug-likeness (QED) is 0.851. The van der Waals surface area contributed by atoms with Gasteiger partial charge in [-0.3, -0.25) is 4.79 Å². The predicted molar refractivity (Wildman–Crippen MR) is 91.1 cm³/mol. The number of carboxylic acids is 1. The van der Waals surface area contributed by atoms with Crippen molar-refractivity contribution in [1.82, 2.24) is 5.32 Å². The molecule has 0 fully saturated rings. The molecule has 128 valence electrons. The zero-order chi connectivity index (χ0) is 17.9. The SMILES string of the molecule is CCc1ccc(C(C)(C)C(=O)NCc2cc(C(=O)O)c(C)o2)cc1. The van der Waals surface area contributed by atoms with E-state index in [2.05, 4.69) is 12.2 Å². The van der Waals surface area contributed by atoms with Crippen molar-refractivity contribution in [3.05, 3.63) is 58.5 Å². The summed E-state index contributed by atoms with van der Waals surface area (Å²) in [6.45, 7) is 7.56. The van der Waals surface area contributed by atoms with Gasteiger partial charge in [-0.2, -0.15) is 0 Å². The van der Waals surface area contributed by atoms with Crippen molar-refractivity contribution < 1.29 is 19.1 Å². The van der Waals surface area contributed by atoms with E-state index in [1.54, 1.807) is 6.92 Å². The number of aryl methyl sites for hydroxylation is 2. The molecule has 1 heterocycles. The Kier molecular flexibility index (Phi) is 5.12. The molecule has 2 aromatic rings. The number of furan rings is 1. The maximum atomic E-state index is 12.5. The van der Waals surface area contributed by atoms with Crippen LogP contribution in [-0.4, -0.2) is 17.0 Å². The summed E-state index contributed by atoms with van der Waals surface area (Å²) < 4.78 is 5.38. The first kappa shape index (κ1) is 17.8. The zero-order valence-electron chi connectivity index (χ0n) is 14.5. The Morgan fingerprint density at radius 3 is 2.33 bits per heavy atom. The van der Waals surface area contributed by atoms with Crippen LogP contribution in [0.4, 0.5) is 0 Å². The van der Waals surface area contributed by atoms with Crippen LogP contribution in [-0.2, 0) is 23.2 Å². The van der Waals surface area contributed by atoms with E-state index in [9.17, 15) is 9.59 Å². The largest absolute Gasteiger partial charge is 0.478 e. The van der Waals surface area contributed by atoms with Crippen molar-refractivity contribution in [1.29, 1.82) is 0 Å². The van der Waals surface area contributed by atoms with E-state index in [1.165, 1.54) is 11.6 Å². The summed E-state index contributed by atoms with van der Waals surface area (Å²) in [5.74, 6) is -0.417. The third-order valence-electron chi connectivity index (χ3n) is 4.27. The fourth-order valence-corrected chi connectivity index (χ4v) is 2.52. The normalized spacial score (nSPS) is 11.3. The monoisotopic (exact) mass is 329 g/mol. The van der Waals surface area contributed by atoms with Gasteiger partial charge in [0.2, 0.25) is 5.91 Å². The van der Waals surface area contributed by atoms with Crippen molar-refractivity contribution in [2.45, 2.75) is 46.1 Å². The van der Waals surface area contributed by atoms with E-state index in [1.807, 2.05) is 38.1 Å². The van der Waals surface area contributed by atoms with Gasteiger partial charge in [0, 0.05) is 0 Å². The van der Waals surface area contributed by atoms with Crippen LogP contribution in [0.25, 0.3) is 0 Å². The van der Waals surface area contributed by atoms with Gasteiger partial charge >= 0.3 is 5.97 Å². The second kappa shape index (κ2) is 6.91. The summed E-state index contributed by atoms with van der Waals surface area (Å²) in [7, 11) is 0. The first-order valence-electron chi connectivity index (χ1n) is 7.96. The Hall–Kier alpha value is -2.56. The van der Waals surface area contributed by atoms with E-state index in [0.717, 1.165) is 12.0 Å². The average molecular weight is 329 g/mol. The van der Waals surface area contributed by atoms with Crippen LogP contribution in [0.15, 0.2) is 34.7 Å². The summed E-state index contributed by atoms with van der Waals surface area (Å²) in [6.07, 6.45) is 0.955. The van der Waals surface area contributed by atoms with Gasteiger partial charge in [0.05, 0.1) is 12.0 Å². The summed E-state index contributed by atoms with van der Waals surface area (Å²) in [5.41, 5.74) is 1.58. The van der Waals surface area contributed by atoms with Crippen LogP contribution in [0.5, 0.6) is 0 Å². The van der Waals surface area contributed by atoms with Gasteiger partial charge in [0.15, 0.2) is 0 Å². The molecule has 1 amide bonds. The van der Waals surface area contributed by atoms with E-state index < -0.39 is 11.4 Å². The van der Waals surface area contributed by atoms with Crippen LogP contribution >= 0.6 is 0 Å². The van der Waals surface area contributed by atoms with E-state index in [0.29, 0.717) is 11.5 Å². The third kappa shape index (κ3) is 3.67. The molecule has 0 aliphatic heterocycles. The molecule has 0 radical (unpaired) electrons. The average Bonchev–Trinajstić information content (AvgIpc) is 2.93. The molecule has 0 aliphatic carbocycles. The lowest BCUT2D eigenvalue weighted by molar-refractivity contribution is -0.125. The number of hydrogen-bond donors (Lipinski definition) is 2. The number of carbonyl (C=O) groups excluding carboxylic acids is 1. The van der Waals surface area contributed by atoms with Gasteiger partial charge in [0.1, 0.15) is 17.1 Å². The lowest BCUT2D eigenvalue weighted by atomic mass is 9.83. The molecule has 0 saturated carbocycles. The molecule has 24 heavy (non-hydrogen) atoms. The topological polar surface area (TPSA) is 79.5 Å². The van der Waals surface area contributed by atoms with Crippen molar-refractivity contribution in [2.24, 2.45) is 0 Å². The van der Waals surface area contributed by atoms with Gasteiger partial charge in [0.25, 0.3) is 0 Å². The van der Waals surface area contributed by atoms with Crippen LogP contribution in [0.3, 0.4) is 0 Å². The van der Waals surface area contributed by atoms with Gasteiger partial charge in [-0.25, -0.2) is 4.79 Å². The Bertz CT molecular complexity index is 741. The smallest absolute Gasteiger partial charge is 0.339 e.